The molecule has 0 aromatic rings. The molecule has 0 amide bonds. The van der Waals surface area contributed by atoms with E-state index in [1.54, 1.807) is 62.3 Å². The van der Waals surface area contributed by atoms with E-state index in [4.69, 9.17) is 23.7 Å². The third-order valence-electron chi connectivity index (χ3n) is 4.05. The van der Waals surface area contributed by atoms with Crippen LogP contribution in [0.2, 0.25) is 0 Å². The summed E-state index contributed by atoms with van der Waals surface area (Å²) in [6.45, 7) is 17.4. The van der Waals surface area contributed by atoms with Gasteiger partial charge in [0.05, 0.1) is 0 Å². The molecule has 1 fully saturated rings. The average molecular weight is 525 g/mol. The van der Waals surface area contributed by atoms with Gasteiger partial charge in [-0.15, -0.1) is 0 Å². The van der Waals surface area contributed by atoms with Crippen molar-refractivity contribution >= 4 is 33.8 Å². The highest BCUT2D eigenvalue weighted by molar-refractivity contribution is 9.09. The molecule has 0 aromatic carbocycles. The molecule has 3 unspecified atom stereocenters. The van der Waals surface area contributed by atoms with Crippen LogP contribution in [0.4, 0.5) is 0 Å². The minimum Gasteiger partial charge on any atom is -0.458 e. The Balaban J connectivity index is 3.82. The molecule has 3 atom stereocenters. The van der Waals surface area contributed by atoms with Gasteiger partial charge in [0.1, 0.15) is 16.8 Å². The molecule has 1 aliphatic rings. The van der Waals surface area contributed by atoms with Crippen molar-refractivity contribution in [2.24, 2.45) is 0 Å². The first-order chi connectivity index (χ1) is 14.0. The topological polar surface area (TPSA) is 118 Å². The van der Waals surface area contributed by atoms with E-state index in [9.17, 15) is 19.5 Å². The van der Waals surface area contributed by atoms with Crippen molar-refractivity contribution in [1.82, 2.24) is 0 Å². The first-order valence-electron chi connectivity index (χ1n) is 10.4. The summed E-state index contributed by atoms with van der Waals surface area (Å²) in [4.78, 5) is 40.0. The van der Waals surface area contributed by atoms with Crippen LogP contribution < -0.4 is 0 Å². The number of hydrogen-bond acceptors (Lipinski definition) is 9. The van der Waals surface area contributed by atoms with Crippen LogP contribution in [0.5, 0.6) is 0 Å². The van der Waals surface area contributed by atoms with Crippen LogP contribution in [-0.2, 0) is 38.1 Å². The molecule has 32 heavy (non-hydrogen) atoms. The second-order valence-corrected chi connectivity index (χ2v) is 11.8. The summed E-state index contributed by atoms with van der Waals surface area (Å²) in [5.74, 6) is -4.92. The van der Waals surface area contributed by atoms with Gasteiger partial charge in [0, 0.05) is 5.33 Å². The van der Waals surface area contributed by atoms with Gasteiger partial charge >= 0.3 is 17.9 Å². The van der Waals surface area contributed by atoms with Crippen LogP contribution in [0.25, 0.3) is 0 Å². The zero-order valence-corrected chi connectivity index (χ0v) is 22.5. The Labute approximate surface area is 198 Å². The van der Waals surface area contributed by atoms with E-state index in [1.807, 2.05) is 0 Å². The predicted octanol–water partition coefficient (Wildman–Crippen LogP) is 3.03. The Morgan fingerprint density at radius 3 is 1.69 bits per heavy atom. The summed E-state index contributed by atoms with van der Waals surface area (Å²) in [6, 6.07) is 0. The number of ether oxygens (including phenoxy) is 5. The Morgan fingerprint density at radius 2 is 1.31 bits per heavy atom. The fourth-order valence-electron chi connectivity index (χ4n) is 3.04. The maximum atomic E-state index is 13.6. The maximum absolute atomic E-state index is 13.6. The Morgan fingerprint density at radius 1 is 0.875 bits per heavy atom. The molecule has 1 heterocycles. The number of halogens is 1. The average Bonchev–Trinajstić information content (AvgIpc) is 2.82. The van der Waals surface area contributed by atoms with Gasteiger partial charge in [0.15, 0.2) is 5.79 Å². The Hall–Kier alpha value is -1.23. The number of carbonyl (C=O) groups excluding carboxylic acids is 3. The largest absolute Gasteiger partial charge is 0.458 e. The number of rotatable bonds is 5. The molecule has 1 saturated heterocycles. The highest BCUT2D eigenvalue weighted by Crippen LogP contribution is 2.47. The van der Waals surface area contributed by atoms with E-state index >= 15 is 0 Å². The molecule has 0 aromatic heterocycles. The molecule has 186 valence electrons. The monoisotopic (exact) mass is 524 g/mol. The summed E-state index contributed by atoms with van der Waals surface area (Å²) in [7, 11) is 0. The molecule has 1 N–H and O–H groups in total. The third-order valence-corrected chi connectivity index (χ3v) is 4.86. The van der Waals surface area contributed by atoms with Gasteiger partial charge in [-0.3, -0.25) is 0 Å². The van der Waals surface area contributed by atoms with Gasteiger partial charge in [-0.1, -0.05) is 15.9 Å². The fourth-order valence-corrected chi connectivity index (χ4v) is 3.69. The van der Waals surface area contributed by atoms with Crippen LogP contribution in [0.15, 0.2) is 0 Å². The second-order valence-electron chi connectivity index (χ2n) is 11.3. The van der Waals surface area contributed by atoms with Crippen molar-refractivity contribution in [2.75, 3.05) is 5.33 Å². The lowest BCUT2D eigenvalue weighted by atomic mass is 9.78. The molecular weight excluding hydrogens is 488 g/mol. The van der Waals surface area contributed by atoms with Crippen LogP contribution >= 0.6 is 15.9 Å². The van der Waals surface area contributed by atoms with Crippen LogP contribution in [0.3, 0.4) is 0 Å². The molecule has 0 spiro atoms. The third kappa shape index (κ3) is 6.42. The summed E-state index contributed by atoms with van der Waals surface area (Å²) >= 11 is 3.10. The van der Waals surface area contributed by atoms with Crippen molar-refractivity contribution in [3.63, 3.8) is 0 Å². The van der Waals surface area contributed by atoms with Crippen LogP contribution in [0.1, 0.15) is 76.2 Å². The summed E-state index contributed by atoms with van der Waals surface area (Å²) < 4.78 is 28.0. The molecular formula is C22H37BrO9. The molecule has 0 radical (unpaired) electrons. The van der Waals surface area contributed by atoms with Gasteiger partial charge in [0.25, 0.3) is 0 Å². The Kier molecular flexibility index (Phi) is 7.96. The van der Waals surface area contributed by atoms with E-state index < -0.39 is 63.1 Å². The van der Waals surface area contributed by atoms with Gasteiger partial charge in [-0.25, -0.2) is 14.4 Å². The zero-order chi connectivity index (χ0) is 25.6. The van der Waals surface area contributed by atoms with Crippen molar-refractivity contribution in [3.8, 4) is 0 Å². The number of alkyl halides is 1. The molecule has 0 aliphatic carbocycles. The highest BCUT2D eigenvalue weighted by atomic mass is 79.9. The molecule has 9 nitrogen and oxygen atoms in total. The number of hydrogen-bond donors (Lipinski definition) is 1. The van der Waals surface area contributed by atoms with Gasteiger partial charge < -0.3 is 28.8 Å². The lowest BCUT2D eigenvalue weighted by Gasteiger charge is -2.43. The predicted molar refractivity (Wildman–Crippen MR) is 119 cm³/mol. The van der Waals surface area contributed by atoms with Crippen molar-refractivity contribution in [2.45, 2.75) is 116 Å². The van der Waals surface area contributed by atoms with Crippen molar-refractivity contribution < 1.29 is 43.2 Å². The second kappa shape index (κ2) is 8.85. The molecule has 1 aliphatic heterocycles. The first kappa shape index (κ1) is 28.8. The molecule has 1 rings (SSSR count). The van der Waals surface area contributed by atoms with E-state index in [0.717, 1.165) is 0 Å². The smallest absolute Gasteiger partial charge is 0.346 e. The summed E-state index contributed by atoms with van der Waals surface area (Å²) in [5.41, 5.74) is -8.35. The zero-order valence-electron chi connectivity index (χ0n) is 20.9. The van der Waals surface area contributed by atoms with Crippen LogP contribution in [0, 0.1) is 0 Å². The fraction of sp³-hybridized carbons (Fsp3) is 0.864. The lowest BCUT2D eigenvalue weighted by molar-refractivity contribution is -0.240. The normalized spacial score (nSPS) is 25.6. The quantitative estimate of drug-likeness (QED) is 0.328. The van der Waals surface area contributed by atoms with Crippen molar-refractivity contribution in [3.05, 3.63) is 0 Å². The van der Waals surface area contributed by atoms with E-state index in [1.165, 1.54) is 13.8 Å². The number of aliphatic hydroxyl groups is 1. The number of esters is 3. The molecule has 0 bridgehead atoms. The van der Waals surface area contributed by atoms with Gasteiger partial charge in [-0.2, -0.15) is 0 Å². The molecule has 0 saturated carbocycles. The lowest BCUT2D eigenvalue weighted by Crippen LogP contribution is -2.72. The summed E-state index contributed by atoms with van der Waals surface area (Å²) in [5, 5.41) is 11.2. The van der Waals surface area contributed by atoms with E-state index in [-0.39, 0.29) is 0 Å². The SMILES string of the molecule is CC(C)(C)OC(=O)C1OC(C)(C)OC1(C(=O)OC(C)(C)C)C(O)(CBr)C(=O)OC(C)(C)C. The number of carbonyl (C=O) groups is 3. The maximum Gasteiger partial charge on any atom is 0.346 e. The van der Waals surface area contributed by atoms with Crippen molar-refractivity contribution in [1.29, 1.82) is 0 Å². The van der Waals surface area contributed by atoms with E-state index in [2.05, 4.69) is 15.9 Å². The standard InChI is InChI=1S/C22H37BrO9/c1-17(2,3)29-14(24)13-22(32-20(10,11)28-13,16(26)31-19(7,8)9)21(27,12-23)15(25)30-18(4,5)6/h13,27H,12H2,1-11H3. The van der Waals surface area contributed by atoms with E-state index in [0.29, 0.717) is 0 Å². The summed E-state index contributed by atoms with van der Waals surface area (Å²) in [6.07, 6.45) is -1.83. The minimum absolute atomic E-state index is 0.521. The minimum atomic E-state index is -2.71. The van der Waals surface area contributed by atoms with Crippen LogP contribution in [-0.4, -0.2) is 68.2 Å². The van der Waals surface area contributed by atoms with Gasteiger partial charge in [-0.05, 0) is 76.2 Å². The van der Waals surface area contributed by atoms with Gasteiger partial charge in [0.2, 0.25) is 17.3 Å². The highest BCUT2D eigenvalue weighted by Gasteiger charge is 2.76. The molecule has 10 heteroatoms. The first-order valence-corrected chi connectivity index (χ1v) is 11.5. The Bertz CT molecular complexity index is 742.